The van der Waals surface area contributed by atoms with E-state index in [-0.39, 0.29) is 17.3 Å². The number of anilines is 1. The third-order valence-corrected chi connectivity index (χ3v) is 4.45. The highest BCUT2D eigenvalue weighted by Gasteiger charge is 2.13. The number of hydrogen-bond acceptors (Lipinski definition) is 3. The molecule has 0 radical (unpaired) electrons. The Kier molecular flexibility index (Phi) is 4.95. The summed E-state index contributed by atoms with van der Waals surface area (Å²) >= 11 is 0. The Morgan fingerprint density at radius 1 is 1.09 bits per heavy atom. The van der Waals surface area contributed by atoms with Crippen molar-refractivity contribution in [2.45, 2.75) is 25.3 Å². The molecular weight excluding hydrogens is 300 g/mol. The lowest BCUT2D eigenvalue weighted by molar-refractivity contribution is -0.114. The molecule has 0 spiro atoms. The van der Waals surface area contributed by atoms with Gasteiger partial charge < -0.3 is 5.32 Å². The van der Waals surface area contributed by atoms with Gasteiger partial charge in [0.25, 0.3) is 0 Å². The molecule has 0 atom stereocenters. The van der Waals surface area contributed by atoms with E-state index < -0.39 is 10.0 Å². The van der Waals surface area contributed by atoms with E-state index in [0.29, 0.717) is 5.69 Å². The molecule has 0 heterocycles. The van der Waals surface area contributed by atoms with E-state index in [1.54, 1.807) is 12.1 Å². The van der Waals surface area contributed by atoms with E-state index in [1.807, 2.05) is 31.2 Å². The van der Waals surface area contributed by atoms with Gasteiger partial charge in [0.2, 0.25) is 15.9 Å². The maximum atomic E-state index is 12.2. The lowest BCUT2D eigenvalue weighted by atomic mass is 10.1. The van der Waals surface area contributed by atoms with Crippen LogP contribution in [-0.2, 0) is 21.4 Å². The van der Waals surface area contributed by atoms with Crippen LogP contribution < -0.4 is 10.0 Å². The summed E-state index contributed by atoms with van der Waals surface area (Å²) < 4.78 is 27.0. The lowest BCUT2D eigenvalue weighted by Crippen LogP contribution is -2.23. The molecule has 0 saturated heterocycles. The molecule has 0 aliphatic carbocycles. The minimum atomic E-state index is -3.58. The molecule has 2 aromatic carbocycles. The predicted octanol–water partition coefficient (Wildman–Crippen LogP) is 2.43. The molecule has 116 valence electrons. The monoisotopic (exact) mass is 318 g/mol. The molecule has 22 heavy (non-hydrogen) atoms. The Balaban J connectivity index is 2.08. The second-order valence-corrected chi connectivity index (χ2v) is 6.79. The number of rotatable bonds is 5. The Bertz CT molecular complexity index is 768. The first-order valence-corrected chi connectivity index (χ1v) is 8.28. The number of benzene rings is 2. The van der Waals surface area contributed by atoms with Gasteiger partial charge in [0.1, 0.15) is 0 Å². The van der Waals surface area contributed by atoms with Crippen LogP contribution in [0.4, 0.5) is 5.69 Å². The van der Waals surface area contributed by atoms with E-state index >= 15 is 0 Å². The van der Waals surface area contributed by atoms with E-state index in [9.17, 15) is 13.2 Å². The number of aryl methyl sites for hydroxylation is 1. The second kappa shape index (κ2) is 6.72. The van der Waals surface area contributed by atoms with E-state index in [0.717, 1.165) is 11.1 Å². The standard InChI is InChI=1S/C16H18N2O3S/c1-12-4-3-5-14(10-12)11-17-22(20,21)16-8-6-15(7-9-16)18-13(2)19/h3-10,17H,11H2,1-2H3,(H,18,19). The van der Waals surface area contributed by atoms with Crippen molar-refractivity contribution in [2.75, 3.05) is 5.32 Å². The van der Waals surface area contributed by atoms with Crippen LogP contribution in [0.3, 0.4) is 0 Å². The van der Waals surface area contributed by atoms with Crippen molar-refractivity contribution in [3.05, 3.63) is 59.7 Å². The second-order valence-electron chi connectivity index (χ2n) is 5.02. The van der Waals surface area contributed by atoms with Crippen LogP contribution in [0.15, 0.2) is 53.4 Å². The first-order chi connectivity index (χ1) is 10.4. The van der Waals surface area contributed by atoms with E-state index in [1.165, 1.54) is 19.1 Å². The first kappa shape index (κ1) is 16.2. The number of nitrogens with one attached hydrogen (secondary N) is 2. The zero-order valence-corrected chi connectivity index (χ0v) is 13.3. The molecule has 6 heteroatoms. The number of amides is 1. The highest BCUT2D eigenvalue weighted by atomic mass is 32.2. The fraction of sp³-hybridized carbons (Fsp3) is 0.188. The van der Waals surface area contributed by atoms with Crippen molar-refractivity contribution in [2.24, 2.45) is 0 Å². The van der Waals surface area contributed by atoms with E-state index in [4.69, 9.17) is 0 Å². The lowest BCUT2D eigenvalue weighted by Gasteiger charge is -2.08. The van der Waals surface area contributed by atoms with Gasteiger partial charge in [-0.15, -0.1) is 0 Å². The summed E-state index contributed by atoms with van der Waals surface area (Å²) in [6, 6.07) is 13.7. The smallest absolute Gasteiger partial charge is 0.240 e. The zero-order chi connectivity index (χ0) is 16.2. The molecule has 0 bridgehead atoms. The quantitative estimate of drug-likeness (QED) is 0.889. The molecule has 0 aliphatic rings. The van der Waals surface area contributed by atoms with Gasteiger partial charge in [0.05, 0.1) is 4.90 Å². The highest BCUT2D eigenvalue weighted by molar-refractivity contribution is 7.89. The Morgan fingerprint density at radius 2 is 1.77 bits per heavy atom. The van der Waals surface area contributed by atoms with Crippen molar-refractivity contribution < 1.29 is 13.2 Å². The molecule has 0 unspecified atom stereocenters. The van der Waals surface area contributed by atoms with Gasteiger partial charge in [-0.1, -0.05) is 29.8 Å². The van der Waals surface area contributed by atoms with Crippen LogP contribution in [0, 0.1) is 6.92 Å². The van der Waals surface area contributed by atoms with Crippen LogP contribution in [0.5, 0.6) is 0 Å². The maximum absolute atomic E-state index is 12.2. The van der Waals surface area contributed by atoms with Crippen LogP contribution in [0.1, 0.15) is 18.1 Å². The Labute approximate surface area is 130 Å². The minimum Gasteiger partial charge on any atom is -0.326 e. The normalized spacial score (nSPS) is 11.2. The summed E-state index contributed by atoms with van der Waals surface area (Å²) in [7, 11) is -3.58. The maximum Gasteiger partial charge on any atom is 0.240 e. The number of sulfonamides is 1. The van der Waals surface area contributed by atoms with E-state index in [2.05, 4.69) is 10.0 Å². The average molecular weight is 318 g/mol. The summed E-state index contributed by atoms with van der Waals surface area (Å²) in [5.74, 6) is -0.201. The molecule has 2 N–H and O–H groups in total. The fourth-order valence-electron chi connectivity index (χ4n) is 2.00. The molecule has 0 saturated carbocycles. The summed E-state index contributed by atoms with van der Waals surface area (Å²) in [5.41, 5.74) is 2.54. The van der Waals surface area contributed by atoms with Crippen LogP contribution in [-0.4, -0.2) is 14.3 Å². The van der Waals surface area contributed by atoms with Crippen molar-refractivity contribution >= 4 is 21.6 Å². The van der Waals surface area contributed by atoms with Gasteiger partial charge in [-0.3, -0.25) is 4.79 Å². The molecule has 1 amide bonds. The summed E-state index contributed by atoms with van der Waals surface area (Å²) in [6.07, 6.45) is 0. The third-order valence-electron chi connectivity index (χ3n) is 3.03. The number of carbonyl (C=O) groups excluding carboxylic acids is 1. The minimum absolute atomic E-state index is 0.161. The molecule has 2 rings (SSSR count). The van der Waals surface area contributed by atoms with Gasteiger partial charge >= 0.3 is 0 Å². The van der Waals surface area contributed by atoms with Gasteiger partial charge in [0, 0.05) is 19.2 Å². The van der Waals surface area contributed by atoms with Gasteiger partial charge in [-0.2, -0.15) is 0 Å². The molecule has 5 nitrogen and oxygen atoms in total. The molecule has 0 aliphatic heterocycles. The largest absolute Gasteiger partial charge is 0.326 e. The average Bonchev–Trinajstić information content (AvgIpc) is 2.45. The van der Waals surface area contributed by atoms with Crippen molar-refractivity contribution in [1.29, 1.82) is 0 Å². The fourth-order valence-corrected chi connectivity index (χ4v) is 3.02. The van der Waals surface area contributed by atoms with Crippen LogP contribution in [0.25, 0.3) is 0 Å². The summed E-state index contributed by atoms with van der Waals surface area (Å²) in [4.78, 5) is 11.1. The summed E-state index contributed by atoms with van der Waals surface area (Å²) in [5, 5.41) is 2.59. The molecule has 0 aromatic heterocycles. The SMILES string of the molecule is CC(=O)Nc1ccc(S(=O)(=O)NCc2cccc(C)c2)cc1. The van der Waals surface area contributed by atoms with Crippen molar-refractivity contribution in [3.63, 3.8) is 0 Å². The third kappa shape index (κ3) is 4.41. The first-order valence-electron chi connectivity index (χ1n) is 6.80. The number of carbonyl (C=O) groups is 1. The highest BCUT2D eigenvalue weighted by Crippen LogP contribution is 2.14. The van der Waals surface area contributed by atoms with Crippen molar-refractivity contribution in [1.82, 2.24) is 4.72 Å². The van der Waals surface area contributed by atoms with Gasteiger partial charge in [0.15, 0.2) is 0 Å². The predicted molar refractivity (Wildman–Crippen MR) is 86.0 cm³/mol. The van der Waals surface area contributed by atoms with Gasteiger partial charge in [-0.25, -0.2) is 13.1 Å². The number of hydrogen-bond donors (Lipinski definition) is 2. The van der Waals surface area contributed by atoms with Crippen LogP contribution >= 0.6 is 0 Å². The van der Waals surface area contributed by atoms with Gasteiger partial charge in [-0.05, 0) is 36.8 Å². The zero-order valence-electron chi connectivity index (χ0n) is 12.5. The summed E-state index contributed by atoms with van der Waals surface area (Å²) in [6.45, 7) is 3.59. The van der Waals surface area contributed by atoms with Crippen molar-refractivity contribution in [3.8, 4) is 0 Å². The van der Waals surface area contributed by atoms with Crippen LogP contribution in [0.2, 0.25) is 0 Å². The Hall–Kier alpha value is -2.18. The molecule has 0 fully saturated rings. The molecule has 2 aromatic rings. The topological polar surface area (TPSA) is 75.3 Å². The Morgan fingerprint density at radius 3 is 2.36 bits per heavy atom. The molecular formula is C16H18N2O3S.